The highest BCUT2D eigenvalue weighted by Crippen LogP contribution is 2.29. The third-order valence-corrected chi connectivity index (χ3v) is 1.42. The number of carbonyl (C=O) groups is 2. The molecule has 0 bridgehead atoms. The van der Waals surface area contributed by atoms with Crippen LogP contribution in [0.5, 0.6) is 0 Å². The van der Waals surface area contributed by atoms with E-state index in [1.54, 1.807) is 0 Å². The van der Waals surface area contributed by atoms with Gasteiger partial charge in [0.15, 0.2) is 5.78 Å². The molecule has 0 aromatic carbocycles. The Morgan fingerprint density at radius 1 is 1.31 bits per heavy atom. The summed E-state index contributed by atoms with van der Waals surface area (Å²) in [4.78, 5) is 21.8. The van der Waals surface area contributed by atoms with Crippen molar-refractivity contribution in [3.8, 4) is 0 Å². The van der Waals surface area contributed by atoms with Crippen molar-refractivity contribution in [1.29, 1.82) is 0 Å². The third kappa shape index (κ3) is 5.13. The van der Waals surface area contributed by atoms with Gasteiger partial charge < -0.3 is 4.74 Å². The van der Waals surface area contributed by atoms with Crippen molar-refractivity contribution in [1.82, 2.24) is 0 Å². The maximum Gasteiger partial charge on any atom is 0.341 e. The second-order valence-electron chi connectivity index (χ2n) is 2.15. The summed E-state index contributed by atoms with van der Waals surface area (Å²) in [5, 5.41) is 0. The lowest BCUT2D eigenvalue weighted by molar-refractivity contribution is -0.137. The highest BCUT2D eigenvalue weighted by Gasteiger charge is 2.23. The molecule has 0 aliphatic carbocycles. The van der Waals surface area contributed by atoms with Crippen LogP contribution in [0.3, 0.4) is 0 Å². The first-order valence-electron chi connectivity index (χ1n) is 3.16. The van der Waals surface area contributed by atoms with Gasteiger partial charge in [-0.3, -0.25) is 4.79 Å². The van der Waals surface area contributed by atoms with E-state index in [1.165, 1.54) is 6.92 Å². The molecule has 13 heavy (non-hydrogen) atoms. The second kappa shape index (κ2) is 4.84. The van der Waals surface area contributed by atoms with Crippen molar-refractivity contribution in [2.45, 2.75) is 10.7 Å². The van der Waals surface area contributed by atoms with Crippen LogP contribution in [0.2, 0.25) is 0 Å². The van der Waals surface area contributed by atoms with E-state index in [4.69, 9.17) is 34.8 Å². The fourth-order valence-corrected chi connectivity index (χ4v) is 0.905. The molecule has 0 saturated heterocycles. The molecule has 0 amide bonds. The molecule has 0 radical (unpaired) electrons. The lowest BCUT2D eigenvalue weighted by atomic mass is 10.2. The summed E-state index contributed by atoms with van der Waals surface area (Å²) in [6, 6.07) is 0. The fourth-order valence-electron chi connectivity index (χ4n) is 0.578. The smallest absolute Gasteiger partial charge is 0.341 e. The van der Waals surface area contributed by atoms with E-state index < -0.39 is 15.5 Å². The monoisotopic (exact) mass is 244 g/mol. The number of allylic oxidation sites excluding steroid dienone is 1. The van der Waals surface area contributed by atoms with Crippen molar-refractivity contribution >= 4 is 46.6 Å². The predicted octanol–water partition coefficient (Wildman–Crippen LogP) is 2.04. The van der Waals surface area contributed by atoms with Crippen LogP contribution in [-0.2, 0) is 14.3 Å². The molecule has 0 atom stereocenters. The average molecular weight is 245 g/mol. The molecule has 0 rings (SSSR count). The van der Waals surface area contributed by atoms with Crippen molar-refractivity contribution in [3.63, 3.8) is 0 Å². The molecular formula is C7H7Cl3O3. The summed E-state index contributed by atoms with van der Waals surface area (Å²) < 4.78 is 2.53. The lowest BCUT2D eigenvalue weighted by Gasteiger charge is -2.06. The maximum atomic E-state index is 10.9. The Morgan fingerprint density at radius 3 is 2.00 bits per heavy atom. The minimum atomic E-state index is -1.78. The molecule has 0 aliphatic rings. The van der Waals surface area contributed by atoms with Crippen LogP contribution in [0.4, 0.5) is 0 Å². The first kappa shape index (κ1) is 12.8. The van der Waals surface area contributed by atoms with Gasteiger partial charge >= 0.3 is 5.97 Å². The summed E-state index contributed by atoms with van der Waals surface area (Å²) in [7, 11) is 1.14. The molecule has 0 heterocycles. The van der Waals surface area contributed by atoms with Crippen LogP contribution in [0.25, 0.3) is 0 Å². The first-order chi connectivity index (χ1) is 5.78. The van der Waals surface area contributed by atoms with E-state index in [2.05, 4.69) is 4.74 Å². The van der Waals surface area contributed by atoms with Gasteiger partial charge in [0.05, 0.1) is 7.11 Å². The zero-order valence-electron chi connectivity index (χ0n) is 6.94. The van der Waals surface area contributed by atoms with Gasteiger partial charge in [0.1, 0.15) is 5.57 Å². The van der Waals surface area contributed by atoms with Crippen molar-refractivity contribution in [2.24, 2.45) is 0 Å². The number of esters is 1. The predicted molar refractivity (Wildman–Crippen MR) is 51.1 cm³/mol. The largest absolute Gasteiger partial charge is 0.465 e. The SMILES string of the molecule is COC(=O)C(=CC(Cl)(Cl)Cl)C(C)=O. The molecule has 74 valence electrons. The Bertz CT molecular complexity index is 252. The van der Waals surface area contributed by atoms with Crippen LogP contribution in [0.15, 0.2) is 11.6 Å². The molecule has 0 aliphatic heterocycles. The van der Waals surface area contributed by atoms with Gasteiger partial charge in [0.25, 0.3) is 0 Å². The van der Waals surface area contributed by atoms with E-state index in [1.807, 2.05) is 0 Å². The number of alkyl halides is 3. The van der Waals surface area contributed by atoms with Crippen molar-refractivity contribution in [3.05, 3.63) is 11.6 Å². The Kier molecular flexibility index (Phi) is 4.75. The standard InChI is InChI=1S/C7H7Cl3O3/c1-4(11)5(6(12)13-2)3-7(8,9)10/h3H,1-2H3. The van der Waals surface area contributed by atoms with Gasteiger partial charge in [-0.2, -0.15) is 0 Å². The molecular weight excluding hydrogens is 238 g/mol. The number of hydrogen-bond acceptors (Lipinski definition) is 3. The minimum absolute atomic E-state index is 0.275. The molecule has 0 saturated carbocycles. The van der Waals surface area contributed by atoms with E-state index in [-0.39, 0.29) is 5.57 Å². The van der Waals surface area contributed by atoms with Gasteiger partial charge in [0.2, 0.25) is 3.79 Å². The number of carbonyl (C=O) groups excluding carboxylic acids is 2. The minimum Gasteiger partial charge on any atom is -0.465 e. The topological polar surface area (TPSA) is 43.4 Å². The number of Topliss-reactive ketones (excluding diaryl/α,β-unsaturated/α-hetero) is 1. The van der Waals surface area contributed by atoms with Gasteiger partial charge in [-0.1, -0.05) is 34.8 Å². The molecule has 0 fully saturated rings. The van der Waals surface area contributed by atoms with Crippen LogP contribution in [0.1, 0.15) is 6.92 Å². The van der Waals surface area contributed by atoms with E-state index in [0.717, 1.165) is 13.2 Å². The normalized spacial score (nSPS) is 12.5. The summed E-state index contributed by atoms with van der Waals surface area (Å²) in [5.74, 6) is -1.34. The Morgan fingerprint density at radius 2 is 1.77 bits per heavy atom. The van der Waals surface area contributed by atoms with E-state index in [9.17, 15) is 9.59 Å². The molecule has 0 N–H and O–H groups in total. The summed E-state index contributed by atoms with van der Waals surface area (Å²) >= 11 is 16.1. The van der Waals surface area contributed by atoms with Crippen LogP contribution < -0.4 is 0 Å². The number of methoxy groups -OCH3 is 1. The van der Waals surface area contributed by atoms with Crippen molar-refractivity contribution < 1.29 is 14.3 Å². The average Bonchev–Trinajstić information content (AvgIpc) is 1.96. The van der Waals surface area contributed by atoms with E-state index in [0.29, 0.717) is 0 Å². The second-order valence-corrected chi connectivity index (χ2v) is 4.52. The van der Waals surface area contributed by atoms with Crippen LogP contribution in [-0.4, -0.2) is 22.7 Å². The van der Waals surface area contributed by atoms with Crippen molar-refractivity contribution in [2.75, 3.05) is 7.11 Å². The molecule has 0 aromatic rings. The summed E-state index contributed by atoms with van der Waals surface area (Å²) in [5.41, 5.74) is -0.275. The number of ether oxygens (including phenoxy) is 1. The first-order valence-corrected chi connectivity index (χ1v) is 4.30. The number of rotatable bonds is 2. The molecule has 0 aromatic heterocycles. The maximum absolute atomic E-state index is 10.9. The van der Waals surface area contributed by atoms with Gasteiger partial charge in [-0.05, 0) is 13.0 Å². The Hall–Kier alpha value is -0.250. The zero-order chi connectivity index (χ0) is 10.6. The number of ketones is 1. The fraction of sp³-hybridized carbons (Fsp3) is 0.429. The summed E-state index contributed by atoms with van der Waals surface area (Å²) in [6.07, 6.45) is 0.922. The highest BCUT2D eigenvalue weighted by molar-refractivity contribution is 6.69. The Labute approximate surface area is 90.6 Å². The highest BCUT2D eigenvalue weighted by atomic mass is 35.6. The van der Waals surface area contributed by atoms with Gasteiger partial charge in [0, 0.05) is 0 Å². The zero-order valence-corrected chi connectivity index (χ0v) is 9.20. The number of halogens is 3. The molecule has 0 unspecified atom stereocenters. The molecule has 6 heteroatoms. The Balaban J connectivity index is 4.93. The molecule has 0 spiro atoms. The summed E-state index contributed by atoms with van der Waals surface area (Å²) in [6.45, 7) is 1.18. The van der Waals surface area contributed by atoms with Crippen LogP contribution in [0, 0.1) is 0 Å². The lowest BCUT2D eigenvalue weighted by Crippen LogP contribution is -2.14. The van der Waals surface area contributed by atoms with Crippen LogP contribution >= 0.6 is 34.8 Å². The quantitative estimate of drug-likeness (QED) is 0.246. The van der Waals surface area contributed by atoms with Gasteiger partial charge in [-0.15, -0.1) is 0 Å². The van der Waals surface area contributed by atoms with Gasteiger partial charge in [-0.25, -0.2) is 4.79 Å². The number of hydrogen-bond donors (Lipinski definition) is 0. The van der Waals surface area contributed by atoms with E-state index >= 15 is 0 Å². The third-order valence-electron chi connectivity index (χ3n) is 1.09. The molecule has 3 nitrogen and oxygen atoms in total.